The maximum atomic E-state index is 12.9. The molecule has 0 spiro atoms. The number of rotatable bonds is 5. The smallest absolute Gasteiger partial charge is 0.315 e. The number of nitriles is 1. The zero-order valence-electron chi connectivity index (χ0n) is 14.3. The fraction of sp³-hybridized carbons (Fsp3) is 0.227. The van der Waals surface area contributed by atoms with Crippen molar-refractivity contribution < 1.29 is 14.3 Å². The summed E-state index contributed by atoms with van der Waals surface area (Å²) in [5, 5.41) is 8.89. The number of carbonyl (C=O) groups excluding carboxylic acids is 2. The molecule has 3 atom stereocenters. The van der Waals surface area contributed by atoms with Crippen molar-refractivity contribution in [2.24, 2.45) is 17.8 Å². The van der Waals surface area contributed by atoms with E-state index in [2.05, 4.69) is 6.92 Å². The summed E-state index contributed by atoms with van der Waals surface area (Å²) in [4.78, 5) is 25.7. The van der Waals surface area contributed by atoms with Crippen LogP contribution in [-0.4, -0.2) is 11.8 Å². The van der Waals surface area contributed by atoms with Gasteiger partial charge in [0.1, 0.15) is 5.75 Å². The molecule has 0 amide bonds. The Morgan fingerprint density at radius 3 is 2.42 bits per heavy atom. The molecule has 0 aliphatic heterocycles. The summed E-state index contributed by atoms with van der Waals surface area (Å²) in [7, 11) is 0. The van der Waals surface area contributed by atoms with Gasteiger partial charge in [-0.25, -0.2) is 0 Å². The summed E-state index contributed by atoms with van der Waals surface area (Å²) in [5.41, 5.74) is 0.986. The number of ketones is 1. The molecule has 26 heavy (non-hydrogen) atoms. The second-order valence-corrected chi connectivity index (χ2v) is 6.36. The molecule has 1 aliphatic carbocycles. The van der Waals surface area contributed by atoms with E-state index in [1.54, 1.807) is 48.5 Å². The van der Waals surface area contributed by atoms with Crippen molar-refractivity contribution in [2.45, 2.75) is 12.8 Å². The van der Waals surface area contributed by atoms with Gasteiger partial charge in [-0.1, -0.05) is 37.3 Å². The predicted octanol–water partition coefficient (Wildman–Crippen LogP) is 4.03. The molecule has 4 nitrogen and oxygen atoms in total. The third-order valence-electron chi connectivity index (χ3n) is 4.79. The summed E-state index contributed by atoms with van der Waals surface area (Å²) in [6, 6.07) is 17.4. The van der Waals surface area contributed by atoms with Crippen LogP contribution in [0.3, 0.4) is 0 Å². The number of hydrogen-bond donors (Lipinski definition) is 0. The lowest BCUT2D eigenvalue weighted by atomic mass is 9.83. The number of ether oxygens (including phenoxy) is 1. The quantitative estimate of drug-likeness (QED) is 0.466. The second-order valence-electron chi connectivity index (χ2n) is 6.36. The highest BCUT2D eigenvalue weighted by atomic mass is 16.5. The van der Waals surface area contributed by atoms with Gasteiger partial charge in [-0.3, -0.25) is 9.59 Å². The Balaban J connectivity index is 1.81. The van der Waals surface area contributed by atoms with Crippen molar-refractivity contribution in [1.82, 2.24) is 0 Å². The molecule has 0 aromatic heterocycles. The third kappa shape index (κ3) is 3.67. The lowest BCUT2D eigenvalue weighted by Crippen LogP contribution is -2.32. The summed E-state index contributed by atoms with van der Waals surface area (Å²) in [5.74, 6) is -1.15. The number of carbonyl (C=O) groups is 2. The average molecular weight is 345 g/mol. The largest absolute Gasteiger partial charge is 0.426 e. The van der Waals surface area contributed by atoms with Crippen LogP contribution in [0.25, 0.3) is 0 Å². The maximum Gasteiger partial charge on any atom is 0.315 e. The molecule has 2 aromatic rings. The maximum absolute atomic E-state index is 12.9. The van der Waals surface area contributed by atoms with Crippen LogP contribution in [0, 0.1) is 42.4 Å². The van der Waals surface area contributed by atoms with E-state index in [0.717, 1.165) is 0 Å². The number of Topliss-reactive ketones (excluding diaryl/α,β-unsaturated/α-hetero) is 1. The van der Waals surface area contributed by atoms with Crippen LogP contribution in [-0.2, 0) is 4.79 Å². The molecule has 0 heterocycles. The van der Waals surface area contributed by atoms with Crippen LogP contribution >= 0.6 is 0 Å². The molecular weight excluding hydrogens is 326 g/mol. The average Bonchev–Trinajstić information content (AvgIpc) is 3.12. The van der Waals surface area contributed by atoms with Crippen molar-refractivity contribution in [3.05, 3.63) is 79.1 Å². The Morgan fingerprint density at radius 1 is 1.12 bits per heavy atom. The third-order valence-corrected chi connectivity index (χ3v) is 4.79. The zero-order valence-corrected chi connectivity index (χ0v) is 14.3. The van der Waals surface area contributed by atoms with Crippen molar-refractivity contribution in [3.63, 3.8) is 0 Å². The first-order chi connectivity index (χ1) is 12.6. The van der Waals surface area contributed by atoms with E-state index in [9.17, 15) is 9.59 Å². The van der Waals surface area contributed by atoms with Gasteiger partial charge in [-0.15, -0.1) is 0 Å². The Morgan fingerprint density at radius 2 is 1.81 bits per heavy atom. The number of nitrogens with zero attached hydrogens (tertiary/aromatic N) is 1. The lowest BCUT2D eigenvalue weighted by molar-refractivity contribution is -0.141. The highest BCUT2D eigenvalue weighted by molar-refractivity contribution is 6.01. The summed E-state index contributed by atoms with van der Waals surface area (Å²) in [6.07, 6.45) is 3.11. The first kappa shape index (κ1) is 17.9. The molecule has 1 aliphatic rings. The number of hydrogen-bond acceptors (Lipinski definition) is 4. The van der Waals surface area contributed by atoms with Gasteiger partial charge in [0.25, 0.3) is 0 Å². The minimum atomic E-state index is -0.546. The van der Waals surface area contributed by atoms with Gasteiger partial charge in [0, 0.05) is 11.5 Å². The van der Waals surface area contributed by atoms with Crippen LogP contribution in [0.5, 0.6) is 5.75 Å². The van der Waals surface area contributed by atoms with Crippen molar-refractivity contribution in [1.29, 1.82) is 5.26 Å². The van der Waals surface area contributed by atoms with E-state index < -0.39 is 17.8 Å². The first-order valence-electron chi connectivity index (χ1n) is 8.57. The molecule has 3 unspecified atom stereocenters. The Kier molecular flexibility index (Phi) is 5.48. The fourth-order valence-corrected chi connectivity index (χ4v) is 3.39. The standard InChI is InChI=1S/C22H19NO3/c1-2-16-12-13-19(21(24)17-10-8-15(14-23)9-11-17)20(16)22(25)26-18-6-4-3-5-7-18/h3-11,13,16,19-20H,1-2,12H2. The molecule has 0 bridgehead atoms. The number of esters is 1. The van der Waals surface area contributed by atoms with Crippen molar-refractivity contribution in [3.8, 4) is 11.8 Å². The predicted molar refractivity (Wildman–Crippen MR) is 96.9 cm³/mol. The number of para-hydroxylation sites is 1. The Bertz CT molecular complexity index is 821. The molecule has 1 fully saturated rings. The van der Waals surface area contributed by atoms with Gasteiger partial charge in [-0.05, 0) is 49.4 Å². The van der Waals surface area contributed by atoms with Gasteiger partial charge in [0.05, 0.1) is 17.6 Å². The SMILES string of the molecule is [CH2]CC1C[CH]C(C(=O)c2ccc(C#N)cc2)C1C(=O)Oc1ccccc1. The van der Waals surface area contributed by atoms with E-state index in [-0.39, 0.29) is 11.7 Å². The molecule has 0 N–H and O–H groups in total. The summed E-state index contributed by atoms with van der Waals surface area (Å²) >= 11 is 0. The minimum Gasteiger partial charge on any atom is -0.426 e. The number of benzene rings is 2. The van der Waals surface area contributed by atoms with E-state index in [4.69, 9.17) is 10.00 Å². The summed E-state index contributed by atoms with van der Waals surface area (Å²) in [6.45, 7) is 3.92. The molecular formula is C22H19NO3. The van der Waals surface area contributed by atoms with Crippen molar-refractivity contribution >= 4 is 11.8 Å². The molecule has 2 aromatic carbocycles. The van der Waals surface area contributed by atoms with Gasteiger partial charge in [0.2, 0.25) is 0 Å². The summed E-state index contributed by atoms with van der Waals surface area (Å²) < 4.78 is 5.50. The zero-order chi connectivity index (χ0) is 18.5. The highest BCUT2D eigenvalue weighted by Crippen LogP contribution is 2.41. The van der Waals surface area contributed by atoms with Gasteiger partial charge < -0.3 is 4.74 Å². The topological polar surface area (TPSA) is 67.2 Å². The minimum absolute atomic E-state index is 0.0152. The van der Waals surface area contributed by atoms with Gasteiger partial charge in [-0.2, -0.15) is 5.26 Å². The Labute approximate surface area is 153 Å². The lowest BCUT2D eigenvalue weighted by Gasteiger charge is -2.22. The molecule has 0 saturated heterocycles. The van der Waals surface area contributed by atoms with E-state index >= 15 is 0 Å². The van der Waals surface area contributed by atoms with Crippen LogP contribution in [0.15, 0.2) is 54.6 Å². The molecule has 130 valence electrons. The van der Waals surface area contributed by atoms with Crippen LogP contribution in [0.4, 0.5) is 0 Å². The van der Waals surface area contributed by atoms with Gasteiger partial charge >= 0.3 is 5.97 Å². The molecule has 2 radical (unpaired) electrons. The van der Waals surface area contributed by atoms with Crippen LogP contribution in [0.1, 0.15) is 28.8 Å². The van der Waals surface area contributed by atoms with E-state index in [0.29, 0.717) is 29.7 Å². The highest BCUT2D eigenvalue weighted by Gasteiger charge is 2.45. The molecule has 4 heteroatoms. The second kappa shape index (κ2) is 7.97. The monoisotopic (exact) mass is 345 g/mol. The fourth-order valence-electron chi connectivity index (χ4n) is 3.39. The van der Waals surface area contributed by atoms with E-state index in [1.807, 2.05) is 18.6 Å². The van der Waals surface area contributed by atoms with E-state index in [1.165, 1.54) is 0 Å². The first-order valence-corrected chi connectivity index (χ1v) is 8.57. The van der Waals surface area contributed by atoms with Gasteiger partial charge in [0.15, 0.2) is 5.78 Å². The molecule has 3 rings (SSSR count). The van der Waals surface area contributed by atoms with Crippen LogP contribution in [0.2, 0.25) is 0 Å². The Hall–Kier alpha value is -2.93. The normalized spacial score (nSPS) is 21.8. The van der Waals surface area contributed by atoms with Crippen LogP contribution < -0.4 is 4.74 Å². The van der Waals surface area contributed by atoms with Crippen molar-refractivity contribution in [2.75, 3.05) is 0 Å². The molecule has 1 saturated carbocycles.